The lowest BCUT2D eigenvalue weighted by Crippen LogP contribution is -2.41. The molecule has 2 saturated heterocycles. The van der Waals surface area contributed by atoms with Gasteiger partial charge in [0.05, 0.1) is 23.8 Å². The highest BCUT2D eigenvalue weighted by Crippen LogP contribution is 2.34. The van der Waals surface area contributed by atoms with Gasteiger partial charge in [-0.15, -0.1) is 0 Å². The van der Waals surface area contributed by atoms with Crippen LogP contribution in [0.5, 0.6) is 0 Å². The molecule has 1 aromatic rings. The average molecular weight is 279 g/mol. The van der Waals surface area contributed by atoms with E-state index >= 15 is 0 Å². The first kappa shape index (κ1) is 13.3. The average Bonchev–Trinajstić information content (AvgIpc) is 3.03. The van der Waals surface area contributed by atoms with E-state index in [9.17, 15) is 9.18 Å². The van der Waals surface area contributed by atoms with E-state index in [4.69, 9.17) is 4.74 Å². The third-order valence-electron chi connectivity index (χ3n) is 3.90. The Morgan fingerprint density at radius 1 is 1.55 bits per heavy atom. The molecule has 3 heterocycles. The first-order valence-corrected chi connectivity index (χ1v) is 7.03. The molecule has 0 aliphatic carbocycles. The summed E-state index contributed by atoms with van der Waals surface area (Å²) in [5.74, 6) is -0.884. The van der Waals surface area contributed by atoms with Gasteiger partial charge in [0.1, 0.15) is 0 Å². The number of carbonyl (C=O) groups excluding carboxylic acids is 1. The van der Waals surface area contributed by atoms with Crippen molar-refractivity contribution in [3.8, 4) is 0 Å². The summed E-state index contributed by atoms with van der Waals surface area (Å²) < 4.78 is 19.8. The fraction of sp³-hybridized carbons (Fsp3) is 0.571. The number of halogens is 1. The summed E-state index contributed by atoms with van der Waals surface area (Å²) in [7, 11) is 0. The monoisotopic (exact) mass is 279 g/mol. The van der Waals surface area contributed by atoms with Crippen LogP contribution in [-0.4, -0.2) is 35.7 Å². The smallest absolute Gasteiger partial charge is 0.254 e. The highest BCUT2D eigenvalue weighted by Gasteiger charge is 2.41. The maximum absolute atomic E-state index is 14.2. The summed E-state index contributed by atoms with van der Waals surface area (Å²) in [6.07, 6.45) is 4.63. The normalized spacial score (nSPS) is 27.6. The van der Waals surface area contributed by atoms with Gasteiger partial charge >= 0.3 is 0 Å². The number of pyridine rings is 1. The molecular weight excluding hydrogens is 261 g/mol. The Morgan fingerprint density at radius 2 is 2.40 bits per heavy atom. The number of aromatic nitrogens is 1. The Kier molecular flexibility index (Phi) is 3.56. The quantitative estimate of drug-likeness (QED) is 0.880. The Balaban J connectivity index is 1.72. The summed E-state index contributed by atoms with van der Waals surface area (Å²) in [4.78, 5) is 16.1. The molecule has 1 amide bonds. The molecule has 108 valence electrons. The summed E-state index contributed by atoms with van der Waals surface area (Å²) >= 11 is 0. The number of hydrogen-bond donors (Lipinski definition) is 2. The van der Waals surface area contributed by atoms with Crippen molar-refractivity contribution in [2.75, 3.05) is 11.9 Å². The van der Waals surface area contributed by atoms with Crippen LogP contribution in [0.25, 0.3) is 0 Å². The fourth-order valence-corrected chi connectivity index (χ4v) is 2.95. The van der Waals surface area contributed by atoms with Gasteiger partial charge in [0.15, 0.2) is 11.6 Å². The maximum atomic E-state index is 14.2. The highest BCUT2D eigenvalue weighted by molar-refractivity contribution is 5.95. The number of hydrogen-bond acceptors (Lipinski definition) is 4. The van der Waals surface area contributed by atoms with Crippen LogP contribution in [0, 0.1) is 5.82 Å². The van der Waals surface area contributed by atoms with Gasteiger partial charge < -0.3 is 15.4 Å². The Bertz CT molecular complexity index is 523. The predicted molar refractivity (Wildman–Crippen MR) is 72.1 cm³/mol. The molecule has 1 aromatic heterocycles. The van der Waals surface area contributed by atoms with E-state index in [1.807, 2.05) is 6.92 Å². The number of ether oxygens (including phenoxy) is 1. The van der Waals surface area contributed by atoms with Gasteiger partial charge in [-0.1, -0.05) is 0 Å². The minimum absolute atomic E-state index is 0.00333. The zero-order valence-electron chi connectivity index (χ0n) is 11.4. The number of anilines is 1. The van der Waals surface area contributed by atoms with Gasteiger partial charge in [-0.05, 0) is 32.3 Å². The molecule has 3 rings (SSSR count). The number of carbonyl (C=O) groups is 1. The molecule has 3 atom stereocenters. The summed E-state index contributed by atoms with van der Waals surface area (Å²) in [5.41, 5.74) is 0.0266. The standard InChI is InChI=1S/C14H18FN3O2/c1-2-16-13-12(15)9(5-6-17-13)14(19)18-10-7-8-3-4-11(10)20-8/h5-6,8,10-11H,2-4,7H2,1H3,(H,16,17)(H,18,19). The molecule has 20 heavy (non-hydrogen) atoms. The Labute approximate surface area is 116 Å². The Morgan fingerprint density at radius 3 is 3.05 bits per heavy atom. The van der Waals surface area contributed by atoms with Crippen molar-refractivity contribution in [3.05, 3.63) is 23.6 Å². The van der Waals surface area contributed by atoms with E-state index in [-0.39, 0.29) is 29.6 Å². The van der Waals surface area contributed by atoms with Gasteiger partial charge in [-0.3, -0.25) is 4.79 Å². The first-order valence-electron chi connectivity index (χ1n) is 7.03. The minimum atomic E-state index is -0.601. The first-order chi connectivity index (χ1) is 9.69. The molecule has 2 aliphatic heterocycles. The number of amides is 1. The number of nitrogens with one attached hydrogen (secondary N) is 2. The van der Waals surface area contributed by atoms with Gasteiger partial charge in [0.2, 0.25) is 0 Å². The molecular formula is C14H18FN3O2. The van der Waals surface area contributed by atoms with Crippen molar-refractivity contribution >= 4 is 11.7 Å². The SMILES string of the molecule is CCNc1nccc(C(=O)NC2CC3CCC2O3)c1F. The van der Waals surface area contributed by atoms with E-state index in [2.05, 4.69) is 15.6 Å². The van der Waals surface area contributed by atoms with E-state index in [1.165, 1.54) is 12.3 Å². The molecule has 2 fully saturated rings. The van der Waals surface area contributed by atoms with E-state index in [0.717, 1.165) is 19.3 Å². The van der Waals surface area contributed by atoms with Gasteiger partial charge in [-0.2, -0.15) is 0 Å². The van der Waals surface area contributed by atoms with Gasteiger partial charge in [0.25, 0.3) is 5.91 Å². The van der Waals surface area contributed by atoms with Crippen LogP contribution in [0.15, 0.2) is 12.3 Å². The third kappa shape index (κ3) is 2.35. The zero-order valence-corrected chi connectivity index (χ0v) is 11.4. The second kappa shape index (κ2) is 5.36. The van der Waals surface area contributed by atoms with Crippen LogP contribution in [0.1, 0.15) is 36.5 Å². The summed E-state index contributed by atoms with van der Waals surface area (Å²) in [6, 6.07) is 1.40. The van der Waals surface area contributed by atoms with Crippen molar-refractivity contribution in [3.63, 3.8) is 0 Å². The molecule has 2 N–H and O–H groups in total. The molecule has 3 unspecified atom stereocenters. The van der Waals surface area contributed by atoms with Crippen molar-refractivity contribution in [1.29, 1.82) is 0 Å². The lowest BCUT2D eigenvalue weighted by atomic mass is 9.95. The van der Waals surface area contributed by atoms with E-state index in [0.29, 0.717) is 6.54 Å². The zero-order chi connectivity index (χ0) is 14.1. The van der Waals surface area contributed by atoms with Crippen LogP contribution in [0.4, 0.5) is 10.2 Å². The van der Waals surface area contributed by atoms with Crippen LogP contribution in [0.3, 0.4) is 0 Å². The molecule has 2 aliphatic rings. The lowest BCUT2D eigenvalue weighted by molar-refractivity contribution is 0.0838. The third-order valence-corrected chi connectivity index (χ3v) is 3.90. The largest absolute Gasteiger partial charge is 0.373 e. The molecule has 5 nitrogen and oxygen atoms in total. The predicted octanol–water partition coefficient (Wildman–Crippen LogP) is 1.70. The van der Waals surface area contributed by atoms with Crippen LogP contribution in [0.2, 0.25) is 0 Å². The summed E-state index contributed by atoms with van der Waals surface area (Å²) in [5, 5.41) is 5.68. The fourth-order valence-electron chi connectivity index (χ4n) is 2.95. The van der Waals surface area contributed by atoms with Gasteiger partial charge in [0, 0.05) is 12.7 Å². The highest BCUT2D eigenvalue weighted by atomic mass is 19.1. The topological polar surface area (TPSA) is 63.2 Å². The number of rotatable bonds is 4. The van der Waals surface area contributed by atoms with Crippen molar-refractivity contribution in [2.24, 2.45) is 0 Å². The maximum Gasteiger partial charge on any atom is 0.254 e. The molecule has 0 saturated carbocycles. The number of nitrogens with zero attached hydrogens (tertiary/aromatic N) is 1. The van der Waals surface area contributed by atoms with Gasteiger partial charge in [-0.25, -0.2) is 9.37 Å². The Hall–Kier alpha value is -1.69. The van der Waals surface area contributed by atoms with Crippen LogP contribution in [-0.2, 0) is 4.74 Å². The molecule has 0 spiro atoms. The number of fused-ring (bicyclic) bond motifs is 2. The van der Waals surface area contributed by atoms with Crippen LogP contribution >= 0.6 is 0 Å². The van der Waals surface area contributed by atoms with E-state index in [1.54, 1.807) is 0 Å². The lowest BCUT2D eigenvalue weighted by Gasteiger charge is -2.20. The molecule has 0 aromatic carbocycles. The van der Waals surface area contributed by atoms with Crippen molar-refractivity contribution in [2.45, 2.75) is 44.4 Å². The minimum Gasteiger partial charge on any atom is -0.373 e. The molecule has 2 bridgehead atoms. The second-order valence-electron chi connectivity index (χ2n) is 5.24. The molecule has 6 heteroatoms. The van der Waals surface area contributed by atoms with Crippen molar-refractivity contribution < 1.29 is 13.9 Å². The van der Waals surface area contributed by atoms with E-state index < -0.39 is 11.7 Å². The molecule has 0 radical (unpaired) electrons. The van der Waals surface area contributed by atoms with Crippen LogP contribution < -0.4 is 10.6 Å². The summed E-state index contributed by atoms with van der Waals surface area (Å²) in [6.45, 7) is 2.40. The second-order valence-corrected chi connectivity index (χ2v) is 5.24. The van der Waals surface area contributed by atoms with Crippen molar-refractivity contribution in [1.82, 2.24) is 10.3 Å².